The number of hydrogen-bond acceptors (Lipinski definition) is 3. The van der Waals surface area contributed by atoms with E-state index in [-0.39, 0.29) is 23.5 Å². The molecule has 0 aromatic carbocycles. The Kier molecular flexibility index (Phi) is 2.27. The fourth-order valence-electron chi connectivity index (χ4n) is 1.97. The number of nitrogens with one attached hydrogen (secondary N) is 1. The maximum Gasteiger partial charge on any atom is 0.228 e. The van der Waals surface area contributed by atoms with Gasteiger partial charge >= 0.3 is 0 Å². The van der Waals surface area contributed by atoms with Gasteiger partial charge in [0, 0.05) is 6.54 Å². The van der Waals surface area contributed by atoms with Crippen molar-refractivity contribution in [2.24, 2.45) is 11.1 Å². The lowest BCUT2D eigenvalue weighted by Gasteiger charge is -2.40. The number of carbonyl (C=O) groups is 1. The number of rotatable bonds is 4. The first kappa shape index (κ1) is 9.93. The lowest BCUT2D eigenvalue weighted by Crippen LogP contribution is -2.54. The molecule has 0 aromatic heterocycles. The van der Waals surface area contributed by atoms with E-state index in [1.807, 2.05) is 0 Å². The molecule has 4 heteroatoms. The van der Waals surface area contributed by atoms with E-state index in [4.69, 9.17) is 10.8 Å². The zero-order valence-electron chi connectivity index (χ0n) is 8.38. The van der Waals surface area contributed by atoms with Crippen molar-refractivity contribution in [1.82, 2.24) is 5.32 Å². The van der Waals surface area contributed by atoms with E-state index in [0.29, 0.717) is 6.54 Å². The molecular formula is C10H18N2O2. The first-order chi connectivity index (χ1) is 6.66. The molecule has 0 unspecified atom stereocenters. The lowest BCUT2D eigenvalue weighted by molar-refractivity contribution is -0.136. The molecule has 80 valence electrons. The van der Waals surface area contributed by atoms with Gasteiger partial charge in [-0.05, 0) is 25.7 Å². The number of carbonyl (C=O) groups excluding carboxylic acids is 1. The van der Waals surface area contributed by atoms with Crippen LogP contribution < -0.4 is 11.1 Å². The molecule has 0 bridgehead atoms. The Morgan fingerprint density at radius 3 is 2.29 bits per heavy atom. The van der Waals surface area contributed by atoms with Crippen molar-refractivity contribution >= 4 is 5.91 Å². The van der Waals surface area contributed by atoms with Crippen LogP contribution in [0.2, 0.25) is 0 Å². The van der Waals surface area contributed by atoms with Gasteiger partial charge < -0.3 is 16.2 Å². The standard InChI is InChI=1S/C10H18N2O2/c11-6-9(2-1-3-9)8(14)12-10(7-13)4-5-10/h13H,1-7,11H2,(H,12,14). The van der Waals surface area contributed by atoms with Crippen molar-refractivity contribution in [1.29, 1.82) is 0 Å². The van der Waals surface area contributed by atoms with Crippen LogP contribution in [-0.2, 0) is 4.79 Å². The molecule has 2 aliphatic rings. The normalized spacial score (nSPS) is 26.4. The van der Waals surface area contributed by atoms with Crippen molar-refractivity contribution in [2.75, 3.05) is 13.2 Å². The van der Waals surface area contributed by atoms with Gasteiger partial charge in [-0.25, -0.2) is 0 Å². The Hall–Kier alpha value is -0.610. The molecule has 2 saturated carbocycles. The molecular weight excluding hydrogens is 180 g/mol. The van der Waals surface area contributed by atoms with Gasteiger partial charge in [-0.15, -0.1) is 0 Å². The third-order valence-corrected chi connectivity index (χ3v) is 3.72. The topological polar surface area (TPSA) is 75.4 Å². The second-order valence-corrected chi connectivity index (χ2v) is 4.73. The monoisotopic (exact) mass is 198 g/mol. The molecule has 2 fully saturated rings. The average molecular weight is 198 g/mol. The second-order valence-electron chi connectivity index (χ2n) is 4.73. The number of aliphatic hydroxyl groups is 1. The van der Waals surface area contributed by atoms with Gasteiger partial charge in [0.1, 0.15) is 0 Å². The van der Waals surface area contributed by atoms with Crippen LogP contribution >= 0.6 is 0 Å². The summed E-state index contributed by atoms with van der Waals surface area (Å²) in [6.07, 6.45) is 4.69. The molecule has 0 heterocycles. The predicted octanol–water partition coefficient (Wildman–Crippen LogP) is -0.244. The van der Waals surface area contributed by atoms with Crippen LogP contribution in [-0.4, -0.2) is 29.7 Å². The molecule has 1 amide bonds. The smallest absolute Gasteiger partial charge is 0.228 e. The van der Waals surface area contributed by atoms with E-state index in [1.165, 1.54) is 0 Å². The highest BCUT2D eigenvalue weighted by molar-refractivity contribution is 5.84. The van der Waals surface area contributed by atoms with E-state index in [1.54, 1.807) is 0 Å². The minimum Gasteiger partial charge on any atom is -0.394 e. The fraction of sp³-hybridized carbons (Fsp3) is 0.900. The molecule has 2 aliphatic carbocycles. The van der Waals surface area contributed by atoms with Crippen molar-refractivity contribution in [3.8, 4) is 0 Å². The molecule has 0 saturated heterocycles. The minimum absolute atomic E-state index is 0.0535. The molecule has 0 aliphatic heterocycles. The Bertz CT molecular complexity index is 239. The Morgan fingerprint density at radius 1 is 1.36 bits per heavy atom. The maximum absolute atomic E-state index is 11.9. The fourth-order valence-corrected chi connectivity index (χ4v) is 1.97. The molecule has 4 N–H and O–H groups in total. The van der Waals surface area contributed by atoms with Crippen molar-refractivity contribution in [3.05, 3.63) is 0 Å². The van der Waals surface area contributed by atoms with Crippen LogP contribution in [0.4, 0.5) is 0 Å². The van der Waals surface area contributed by atoms with E-state index >= 15 is 0 Å². The van der Waals surface area contributed by atoms with Gasteiger partial charge in [-0.1, -0.05) is 6.42 Å². The van der Waals surface area contributed by atoms with E-state index in [9.17, 15) is 4.79 Å². The molecule has 0 radical (unpaired) electrons. The van der Waals surface area contributed by atoms with Crippen LogP contribution in [0.15, 0.2) is 0 Å². The predicted molar refractivity (Wildman–Crippen MR) is 52.5 cm³/mol. The summed E-state index contributed by atoms with van der Waals surface area (Å²) < 4.78 is 0. The van der Waals surface area contributed by atoms with E-state index in [0.717, 1.165) is 32.1 Å². The summed E-state index contributed by atoms with van der Waals surface area (Å²) in [4.78, 5) is 11.9. The van der Waals surface area contributed by atoms with Gasteiger partial charge in [0.25, 0.3) is 0 Å². The SMILES string of the molecule is NCC1(C(=O)NC2(CO)CC2)CCC1. The molecule has 0 spiro atoms. The summed E-state index contributed by atoms with van der Waals surface area (Å²) in [7, 11) is 0. The second kappa shape index (κ2) is 3.21. The number of amides is 1. The minimum atomic E-state index is -0.315. The molecule has 2 rings (SSSR count). The highest BCUT2D eigenvalue weighted by Gasteiger charge is 2.49. The van der Waals surface area contributed by atoms with Crippen LogP contribution in [0.1, 0.15) is 32.1 Å². The van der Waals surface area contributed by atoms with Gasteiger partial charge in [-0.3, -0.25) is 4.79 Å². The van der Waals surface area contributed by atoms with Crippen molar-refractivity contribution in [3.63, 3.8) is 0 Å². The number of hydrogen-bond donors (Lipinski definition) is 3. The van der Waals surface area contributed by atoms with Gasteiger partial charge in [-0.2, -0.15) is 0 Å². The highest BCUT2D eigenvalue weighted by atomic mass is 16.3. The first-order valence-electron chi connectivity index (χ1n) is 5.30. The zero-order valence-corrected chi connectivity index (χ0v) is 8.38. The van der Waals surface area contributed by atoms with Crippen LogP contribution in [0.3, 0.4) is 0 Å². The summed E-state index contributed by atoms with van der Waals surface area (Å²) >= 11 is 0. The van der Waals surface area contributed by atoms with Crippen molar-refractivity contribution in [2.45, 2.75) is 37.6 Å². The summed E-state index contributed by atoms with van der Waals surface area (Å²) in [5.74, 6) is 0.0535. The third-order valence-electron chi connectivity index (χ3n) is 3.72. The van der Waals surface area contributed by atoms with Crippen LogP contribution in [0.5, 0.6) is 0 Å². The zero-order chi connectivity index (χ0) is 10.2. The molecule has 4 nitrogen and oxygen atoms in total. The Balaban J connectivity index is 1.95. The number of aliphatic hydroxyl groups excluding tert-OH is 1. The Labute approximate surface area is 83.9 Å². The summed E-state index contributed by atoms with van der Waals surface area (Å²) in [6.45, 7) is 0.486. The Morgan fingerprint density at radius 2 is 2.00 bits per heavy atom. The lowest BCUT2D eigenvalue weighted by atomic mass is 9.68. The summed E-state index contributed by atoms with van der Waals surface area (Å²) in [5, 5.41) is 12.0. The van der Waals surface area contributed by atoms with Crippen LogP contribution in [0, 0.1) is 5.41 Å². The van der Waals surface area contributed by atoms with Crippen molar-refractivity contribution < 1.29 is 9.90 Å². The maximum atomic E-state index is 11.9. The molecule has 0 atom stereocenters. The molecule has 0 aromatic rings. The van der Waals surface area contributed by atoms with E-state index < -0.39 is 0 Å². The van der Waals surface area contributed by atoms with Gasteiger partial charge in [0.05, 0.1) is 17.6 Å². The summed E-state index contributed by atoms with van der Waals surface area (Å²) in [5.41, 5.74) is 5.02. The van der Waals surface area contributed by atoms with Gasteiger partial charge in [0.15, 0.2) is 0 Å². The first-order valence-corrected chi connectivity index (χ1v) is 5.30. The third kappa shape index (κ3) is 1.42. The van der Waals surface area contributed by atoms with E-state index in [2.05, 4.69) is 5.32 Å². The quantitative estimate of drug-likeness (QED) is 0.583. The largest absolute Gasteiger partial charge is 0.394 e. The molecule has 14 heavy (non-hydrogen) atoms. The van der Waals surface area contributed by atoms with Crippen LogP contribution in [0.25, 0.3) is 0 Å². The number of nitrogens with two attached hydrogens (primary N) is 1. The summed E-state index contributed by atoms with van der Waals surface area (Å²) in [6, 6.07) is 0. The highest BCUT2D eigenvalue weighted by Crippen LogP contribution is 2.42. The average Bonchev–Trinajstić information content (AvgIpc) is 2.84. The van der Waals surface area contributed by atoms with Gasteiger partial charge in [0.2, 0.25) is 5.91 Å².